The molecular formula is C15H23NO2. The van der Waals surface area contributed by atoms with Crippen molar-refractivity contribution in [3.05, 3.63) is 29.8 Å². The number of benzene rings is 1. The van der Waals surface area contributed by atoms with Crippen molar-refractivity contribution in [1.82, 2.24) is 4.90 Å². The van der Waals surface area contributed by atoms with Crippen LogP contribution in [-0.4, -0.2) is 35.8 Å². The van der Waals surface area contributed by atoms with E-state index in [9.17, 15) is 5.11 Å². The maximum atomic E-state index is 9.86. The molecule has 2 rings (SSSR count). The number of aliphatic hydroxyl groups is 1. The molecule has 0 saturated carbocycles. The molecule has 1 N–H and O–H groups in total. The molecule has 1 aliphatic heterocycles. The van der Waals surface area contributed by atoms with E-state index in [1.54, 1.807) is 7.11 Å². The van der Waals surface area contributed by atoms with Crippen molar-refractivity contribution in [3.63, 3.8) is 0 Å². The van der Waals surface area contributed by atoms with Crippen LogP contribution in [0.2, 0.25) is 0 Å². The summed E-state index contributed by atoms with van der Waals surface area (Å²) in [5, 5.41) is 9.86. The minimum absolute atomic E-state index is 0.254. The zero-order valence-corrected chi connectivity index (χ0v) is 11.3. The quantitative estimate of drug-likeness (QED) is 0.889. The first-order valence-corrected chi connectivity index (χ1v) is 6.76. The van der Waals surface area contributed by atoms with E-state index in [1.165, 1.54) is 18.4 Å². The van der Waals surface area contributed by atoms with Gasteiger partial charge in [0.25, 0.3) is 0 Å². The molecule has 1 aromatic rings. The number of ether oxygens (including phenoxy) is 1. The Morgan fingerprint density at radius 3 is 3.00 bits per heavy atom. The highest BCUT2D eigenvalue weighted by Gasteiger charge is 2.26. The third kappa shape index (κ3) is 3.24. The predicted octanol–water partition coefficient (Wildman–Crippen LogP) is 2.43. The van der Waals surface area contributed by atoms with Crippen LogP contribution in [0.1, 0.15) is 31.7 Å². The van der Waals surface area contributed by atoms with Gasteiger partial charge in [0.05, 0.1) is 13.2 Å². The highest BCUT2D eigenvalue weighted by atomic mass is 16.5. The number of hydrogen-bond acceptors (Lipinski definition) is 3. The van der Waals surface area contributed by atoms with Crippen LogP contribution in [0, 0.1) is 0 Å². The van der Waals surface area contributed by atoms with Crippen LogP contribution < -0.4 is 4.74 Å². The van der Waals surface area contributed by atoms with E-state index in [0.717, 1.165) is 25.3 Å². The Bertz CT molecular complexity index is 379. The Kier molecular flexibility index (Phi) is 4.61. The van der Waals surface area contributed by atoms with Crippen molar-refractivity contribution < 1.29 is 9.84 Å². The second-order valence-corrected chi connectivity index (χ2v) is 5.13. The number of rotatable bonds is 4. The van der Waals surface area contributed by atoms with E-state index in [1.807, 2.05) is 19.1 Å². The highest BCUT2D eigenvalue weighted by Crippen LogP contribution is 2.23. The summed E-state index contributed by atoms with van der Waals surface area (Å²) in [5.74, 6) is 0.901. The SMILES string of the molecule is COc1cccc(CN2CCCCC2C(C)O)c1. The van der Waals surface area contributed by atoms with Gasteiger partial charge in [0, 0.05) is 12.6 Å². The Balaban J connectivity index is 2.05. The molecule has 0 aliphatic carbocycles. The summed E-state index contributed by atoms with van der Waals surface area (Å²) in [7, 11) is 1.69. The average Bonchev–Trinajstić information content (AvgIpc) is 2.39. The van der Waals surface area contributed by atoms with Gasteiger partial charge in [-0.15, -0.1) is 0 Å². The summed E-state index contributed by atoms with van der Waals surface area (Å²) in [6.45, 7) is 3.87. The van der Waals surface area contributed by atoms with Crippen LogP contribution in [0.3, 0.4) is 0 Å². The first-order valence-electron chi connectivity index (χ1n) is 6.76. The average molecular weight is 249 g/mol. The van der Waals surface area contributed by atoms with Gasteiger partial charge in [-0.05, 0) is 44.0 Å². The Hall–Kier alpha value is -1.06. The Labute approximate surface area is 109 Å². The van der Waals surface area contributed by atoms with Crippen LogP contribution >= 0.6 is 0 Å². The molecule has 2 unspecified atom stereocenters. The molecule has 0 amide bonds. The standard InChI is InChI=1S/C15H23NO2/c1-12(17)15-8-3-4-9-16(15)11-13-6-5-7-14(10-13)18-2/h5-7,10,12,15,17H,3-4,8-9,11H2,1-2H3. The van der Waals surface area contributed by atoms with Crippen molar-refractivity contribution >= 4 is 0 Å². The molecule has 0 spiro atoms. The van der Waals surface area contributed by atoms with Gasteiger partial charge in [-0.3, -0.25) is 4.90 Å². The monoisotopic (exact) mass is 249 g/mol. The first kappa shape index (κ1) is 13.4. The lowest BCUT2D eigenvalue weighted by molar-refractivity contribution is 0.0316. The van der Waals surface area contributed by atoms with Gasteiger partial charge < -0.3 is 9.84 Å². The van der Waals surface area contributed by atoms with Crippen molar-refractivity contribution in [3.8, 4) is 5.75 Å². The van der Waals surface area contributed by atoms with E-state index >= 15 is 0 Å². The molecular weight excluding hydrogens is 226 g/mol. The van der Waals surface area contributed by atoms with Gasteiger partial charge in [0.1, 0.15) is 5.75 Å². The van der Waals surface area contributed by atoms with E-state index in [-0.39, 0.29) is 6.10 Å². The van der Waals surface area contributed by atoms with Gasteiger partial charge in [-0.25, -0.2) is 0 Å². The van der Waals surface area contributed by atoms with E-state index < -0.39 is 0 Å². The summed E-state index contributed by atoms with van der Waals surface area (Å²) in [6, 6.07) is 8.48. The third-order valence-electron chi connectivity index (χ3n) is 3.74. The second-order valence-electron chi connectivity index (χ2n) is 5.13. The fourth-order valence-electron chi connectivity index (χ4n) is 2.76. The number of aliphatic hydroxyl groups excluding tert-OH is 1. The third-order valence-corrected chi connectivity index (χ3v) is 3.74. The summed E-state index contributed by atoms with van der Waals surface area (Å²) in [6.07, 6.45) is 3.30. The highest BCUT2D eigenvalue weighted by molar-refractivity contribution is 5.28. The molecule has 0 bridgehead atoms. The molecule has 1 fully saturated rings. The van der Waals surface area contributed by atoms with Gasteiger partial charge in [0.15, 0.2) is 0 Å². The number of methoxy groups -OCH3 is 1. The lowest BCUT2D eigenvalue weighted by atomic mass is 9.97. The number of likely N-dealkylation sites (tertiary alicyclic amines) is 1. The van der Waals surface area contributed by atoms with Gasteiger partial charge >= 0.3 is 0 Å². The van der Waals surface area contributed by atoms with Crippen LogP contribution in [0.25, 0.3) is 0 Å². The summed E-state index contributed by atoms with van der Waals surface area (Å²) in [4.78, 5) is 2.39. The van der Waals surface area contributed by atoms with Crippen molar-refractivity contribution in [2.24, 2.45) is 0 Å². The molecule has 1 heterocycles. The normalized spacial score (nSPS) is 22.7. The number of piperidine rings is 1. The van der Waals surface area contributed by atoms with E-state index in [2.05, 4.69) is 17.0 Å². The van der Waals surface area contributed by atoms with Crippen LogP contribution in [0.15, 0.2) is 24.3 Å². The minimum Gasteiger partial charge on any atom is -0.497 e. The molecule has 1 aliphatic rings. The molecule has 100 valence electrons. The van der Waals surface area contributed by atoms with Crippen LogP contribution in [-0.2, 0) is 6.54 Å². The zero-order chi connectivity index (χ0) is 13.0. The summed E-state index contributed by atoms with van der Waals surface area (Å²) >= 11 is 0. The smallest absolute Gasteiger partial charge is 0.119 e. The lowest BCUT2D eigenvalue weighted by Crippen LogP contribution is -2.45. The molecule has 18 heavy (non-hydrogen) atoms. The van der Waals surface area contributed by atoms with Crippen molar-refractivity contribution in [2.45, 2.75) is 44.9 Å². The fraction of sp³-hybridized carbons (Fsp3) is 0.600. The lowest BCUT2D eigenvalue weighted by Gasteiger charge is -2.37. The maximum absolute atomic E-state index is 9.86. The van der Waals surface area contributed by atoms with Crippen LogP contribution in [0.4, 0.5) is 0 Å². The molecule has 1 saturated heterocycles. The summed E-state index contributed by atoms with van der Waals surface area (Å²) in [5.41, 5.74) is 1.25. The molecule has 2 atom stereocenters. The molecule has 0 aromatic heterocycles. The van der Waals surface area contributed by atoms with E-state index in [4.69, 9.17) is 4.74 Å². The summed E-state index contributed by atoms with van der Waals surface area (Å²) < 4.78 is 5.25. The van der Waals surface area contributed by atoms with Crippen molar-refractivity contribution in [2.75, 3.05) is 13.7 Å². The maximum Gasteiger partial charge on any atom is 0.119 e. The number of nitrogens with zero attached hydrogens (tertiary/aromatic N) is 1. The molecule has 3 heteroatoms. The second kappa shape index (κ2) is 6.21. The van der Waals surface area contributed by atoms with E-state index in [0.29, 0.717) is 6.04 Å². The zero-order valence-electron chi connectivity index (χ0n) is 11.3. The molecule has 1 aromatic carbocycles. The number of hydrogen-bond donors (Lipinski definition) is 1. The van der Waals surface area contributed by atoms with Gasteiger partial charge in [0.2, 0.25) is 0 Å². The Morgan fingerprint density at radius 1 is 1.44 bits per heavy atom. The Morgan fingerprint density at radius 2 is 2.28 bits per heavy atom. The molecule has 0 radical (unpaired) electrons. The van der Waals surface area contributed by atoms with Gasteiger partial charge in [-0.1, -0.05) is 18.6 Å². The first-order chi connectivity index (χ1) is 8.70. The minimum atomic E-state index is -0.254. The van der Waals surface area contributed by atoms with Crippen molar-refractivity contribution in [1.29, 1.82) is 0 Å². The largest absolute Gasteiger partial charge is 0.497 e. The van der Waals surface area contributed by atoms with Gasteiger partial charge in [-0.2, -0.15) is 0 Å². The predicted molar refractivity (Wildman–Crippen MR) is 72.7 cm³/mol. The fourth-order valence-corrected chi connectivity index (χ4v) is 2.76. The topological polar surface area (TPSA) is 32.7 Å². The molecule has 3 nitrogen and oxygen atoms in total. The van der Waals surface area contributed by atoms with Crippen LogP contribution in [0.5, 0.6) is 5.75 Å².